The molecule has 0 bridgehead atoms. The Labute approximate surface area is 120 Å². The zero-order valence-corrected chi connectivity index (χ0v) is 11.9. The van der Waals surface area contributed by atoms with Gasteiger partial charge in [0.05, 0.1) is 11.5 Å². The van der Waals surface area contributed by atoms with Crippen LogP contribution in [0.5, 0.6) is 0 Å². The van der Waals surface area contributed by atoms with E-state index >= 15 is 0 Å². The first-order valence-corrected chi connectivity index (χ1v) is 6.49. The van der Waals surface area contributed by atoms with E-state index in [9.17, 15) is 23.3 Å². The molecule has 0 heterocycles. The molecule has 0 amide bonds. The molecule has 0 aliphatic rings. The number of hydrogen-bond donors (Lipinski definition) is 1. The quantitative estimate of drug-likeness (QED) is 0.619. The lowest BCUT2D eigenvalue weighted by atomic mass is 10.1. The van der Waals surface area contributed by atoms with Crippen molar-refractivity contribution in [1.29, 1.82) is 0 Å². The van der Waals surface area contributed by atoms with Gasteiger partial charge in [-0.3, -0.25) is 15.0 Å². The van der Waals surface area contributed by atoms with Gasteiger partial charge < -0.3 is 5.32 Å². The minimum Gasteiger partial charge on any atom is -0.380 e. The first kappa shape index (κ1) is 17.2. The van der Waals surface area contributed by atoms with Crippen LogP contribution >= 0.6 is 0 Å². The van der Waals surface area contributed by atoms with Crippen molar-refractivity contribution in [2.24, 2.45) is 0 Å². The first-order chi connectivity index (χ1) is 9.73. The van der Waals surface area contributed by atoms with Gasteiger partial charge >= 0.3 is 6.18 Å². The van der Waals surface area contributed by atoms with Crippen LogP contribution < -0.4 is 5.32 Å². The minimum absolute atomic E-state index is 0.00555. The lowest BCUT2D eigenvalue weighted by molar-refractivity contribution is -0.384. The van der Waals surface area contributed by atoms with Crippen molar-refractivity contribution in [3.8, 4) is 0 Å². The van der Waals surface area contributed by atoms with E-state index in [4.69, 9.17) is 0 Å². The average Bonchev–Trinajstić information content (AvgIpc) is 2.34. The minimum atomic E-state index is -4.29. The fourth-order valence-corrected chi connectivity index (χ4v) is 1.91. The van der Waals surface area contributed by atoms with E-state index in [-0.39, 0.29) is 12.2 Å². The normalized spacial score (nSPS) is 11.7. The van der Waals surface area contributed by atoms with Crippen LogP contribution in [0.25, 0.3) is 0 Å². The summed E-state index contributed by atoms with van der Waals surface area (Å²) in [5, 5.41) is 14.0. The van der Waals surface area contributed by atoms with E-state index < -0.39 is 17.6 Å². The van der Waals surface area contributed by atoms with Gasteiger partial charge in [-0.05, 0) is 25.1 Å². The predicted octanol–water partition coefficient (Wildman–Crippen LogP) is 3.41. The lowest BCUT2D eigenvalue weighted by Gasteiger charge is -2.18. The van der Waals surface area contributed by atoms with Crippen molar-refractivity contribution >= 4 is 11.4 Å². The van der Waals surface area contributed by atoms with E-state index in [1.165, 1.54) is 19.2 Å². The highest BCUT2D eigenvalue weighted by Crippen LogP contribution is 2.26. The molecular formula is C13H18F3N3O2. The van der Waals surface area contributed by atoms with Crippen molar-refractivity contribution in [2.75, 3.05) is 25.5 Å². The molecule has 0 aliphatic carbocycles. The molecule has 8 heteroatoms. The number of halogens is 3. The van der Waals surface area contributed by atoms with Crippen molar-refractivity contribution in [3.05, 3.63) is 33.9 Å². The number of hydrogen-bond acceptors (Lipinski definition) is 4. The number of nitrogens with zero attached hydrogens (tertiary/aromatic N) is 2. The zero-order chi connectivity index (χ0) is 16.0. The SMILES string of the molecule is CCCNc1ccc(CN(C)CC(F)(F)F)cc1[N+](=O)[O-]. The van der Waals surface area contributed by atoms with E-state index in [2.05, 4.69) is 5.32 Å². The number of nitro groups is 1. The highest BCUT2D eigenvalue weighted by Gasteiger charge is 2.29. The van der Waals surface area contributed by atoms with Crippen LogP contribution in [-0.2, 0) is 6.54 Å². The molecule has 0 fully saturated rings. The number of nitrogens with one attached hydrogen (secondary N) is 1. The molecule has 0 saturated heterocycles. The second kappa shape index (κ2) is 7.26. The smallest absolute Gasteiger partial charge is 0.380 e. The summed E-state index contributed by atoms with van der Waals surface area (Å²) in [5.41, 5.74) is 0.723. The maximum absolute atomic E-state index is 12.3. The molecular weight excluding hydrogens is 287 g/mol. The first-order valence-electron chi connectivity index (χ1n) is 6.49. The van der Waals surface area contributed by atoms with E-state index in [1.54, 1.807) is 6.07 Å². The summed E-state index contributed by atoms with van der Waals surface area (Å²) in [4.78, 5) is 11.6. The molecule has 1 aromatic rings. The molecule has 0 unspecified atom stereocenters. The molecule has 0 saturated carbocycles. The average molecular weight is 305 g/mol. The van der Waals surface area contributed by atoms with Crippen LogP contribution in [0.3, 0.4) is 0 Å². The predicted molar refractivity (Wildman–Crippen MR) is 74.3 cm³/mol. The monoisotopic (exact) mass is 305 g/mol. The summed E-state index contributed by atoms with van der Waals surface area (Å²) >= 11 is 0. The van der Waals surface area contributed by atoms with Gasteiger partial charge in [-0.15, -0.1) is 0 Å². The molecule has 1 rings (SSSR count). The number of alkyl halides is 3. The summed E-state index contributed by atoms with van der Waals surface area (Å²) in [5.74, 6) is 0. The van der Waals surface area contributed by atoms with Gasteiger partial charge in [0.15, 0.2) is 0 Å². The van der Waals surface area contributed by atoms with Crippen LogP contribution in [0.2, 0.25) is 0 Å². The maximum Gasteiger partial charge on any atom is 0.401 e. The molecule has 0 radical (unpaired) electrons. The third kappa shape index (κ3) is 5.99. The standard InChI is InChI=1S/C13H18F3N3O2/c1-3-6-17-11-5-4-10(7-12(11)19(20)21)8-18(2)9-13(14,15)16/h4-5,7,17H,3,6,8-9H2,1-2H3. The van der Waals surface area contributed by atoms with Crippen LogP contribution in [0, 0.1) is 10.1 Å². The Kier molecular flexibility index (Phi) is 5.95. The van der Waals surface area contributed by atoms with E-state index in [1.807, 2.05) is 6.92 Å². The lowest BCUT2D eigenvalue weighted by Crippen LogP contribution is -2.30. The molecule has 0 aliphatic heterocycles. The van der Waals surface area contributed by atoms with Gasteiger partial charge in [-0.2, -0.15) is 13.2 Å². The molecule has 0 aromatic heterocycles. The van der Waals surface area contributed by atoms with Gasteiger partial charge in [-0.1, -0.05) is 13.0 Å². The number of nitro benzene ring substituents is 1. The fourth-order valence-electron chi connectivity index (χ4n) is 1.91. The molecule has 21 heavy (non-hydrogen) atoms. The molecule has 1 N–H and O–H groups in total. The Morgan fingerprint density at radius 2 is 2.05 bits per heavy atom. The number of anilines is 1. The summed E-state index contributed by atoms with van der Waals surface area (Å²) < 4.78 is 36.8. The van der Waals surface area contributed by atoms with Crippen LogP contribution in [0.4, 0.5) is 24.5 Å². The summed E-state index contributed by atoms with van der Waals surface area (Å²) in [6.07, 6.45) is -3.48. The van der Waals surface area contributed by atoms with Gasteiger partial charge in [-0.25, -0.2) is 0 Å². The summed E-state index contributed by atoms with van der Waals surface area (Å²) in [7, 11) is 1.32. The fraction of sp³-hybridized carbons (Fsp3) is 0.538. The van der Waals surface area contributed by atoms with Crippen LogP contribution in [0.1, 0.15) is 18.9 Å². The third-order valence-corrected chi connectivity index (χ3v) is 2.73. The Balaban J connectivity index is 2.85. The Morgan fingerprint density at radius 3 is 2.57 bits per heavy atom. The Bertz CT molecular complexity index is 492. The second-order valence-corrected chi connectivity index (χ2v) is 4.82. The highest BCUT2D eigenvalue weighted by atomic mass is 19.4. The maximum atomic E-state index is 12.3. The van der Waals surface area contributed by atoms with Gasteiger partial charge in [0.2, 0.25) is 0 Å². The summed E-state index contributed by atoms with van der Waals surface area (Å²) in [6.45, 7) is 1.46. The van der Waals surface area contributed by atoms with Crippen molar-refractivity contribution in [3.63, 3.8) is 0 Å². The molecule has 0 spiro atoms. The van der Waals surface area contributed by atoms with Gasteiger partial charge in [0, 0.05) is 19.2 Å². The third-order valence-electron chi connectivity index (χ3n) is 2.73. The Morgan fingerprint density at radius 1 is 1.38 bits per heavy atom. The largest absolute Gasteiger partial charge is 0.401 e. The molecule has 0 atom stereocenters. The van der Waals surface area contributed by atoms with Crippen molar-refractivity contribution in [1.82, 2.24) is 4.90 Å². The van der Waals surface area contributed by atoms with Crippen molar-refractivity contribution in [2.45, 2.75) is 26.1 Å². The second-order valence-electron chi connectivity index (χ2n) is 4.82. The zero-order valence-electron chi connectivity index (χ0n) is 11.9. The molecule has 1 aromatic carbocycles. The summed E-state index contributed by atoms with van der Waals surface area (Å²) in [6, 6.07) is 4.44. The Hall–Kier alpha value is -1.83. The van der Waals surface area contributed by atoms with E-state index in [0.29, 0.717) is 17.8 Å². The molecule has 5 nitrogen and oxygen atoms in total. The molecule has 118 valence electrons. The van der Waals surface area contributed by atoms with Crippen LogP contribution in [0.15, 0.2) is 18.2 Å². The van der Waals surface area contributed by atoms with Crippen molar-refractivity contribution < 1.29 is 18.1 Å². The van der Waals surface area contributed by atoms with Gasteiger partial charge in [0.25, 0.3) is 5.69 Å². The highest BCUT2D eigenvalue weighted by molar-refractivity contribution is 5.62. The van der Waals surface area contributed by atoms with E-state index in [0.717, 1.165) is 11.3 Å². The number of rotatable bonds is 7. The number of benzene rings is 1. The van der Waals surface area contributed by atoms with Crippen LogP contribution in [-0.4, -0.2) is 36.1 Å². The van der Waals surface area contributed by atoms with Gasteiger partial charge in [0.1, 0.15) is 5.69 Å². The topological polar surface area (TPSA) is 58.4 Å².